The van der Waals surface area contributed by atoms with E-state index in [1.54, 1.807) is 0 Å². The maximum Gasteiger partial charge on any atom is 0.255 e. The van der Waals surface area contributed by atoms with Gasteiger partial charge in [-0.25, -0.2) is 0 Å². The molecule has 174 valence electrons. The van der Waals surface area contributed by atoms with Gasteiger partial charge in [0.25, 0.3) is 5.91 Å². The number of H-pyrrole nitrogens is 1. The molecule has 1 aromatic heterocycles. The van der Waals surface area contributed by atoms with Crippen molar-refractivity contribution in [2.75, 3.05) is 19.6 Å². The molecule has 1 saturated carbocycles. The number of aromatic nitrogens is 2. The highest BCUT2D eigenvalue weighted by molar-refractivity contribution is 6.15. The van der Waals surface area contributed by atoms with Crippen LogP contribution in [0.25, 0.3) is 22.2 Å². The van der Waals surface area contributed by atoms with Crippen molar-refractivity contribution >= 4 is 28.6 Å². The molecule has 1 unspecified atom stereocenters. The molecule has 0 spiro atoms. The third kappa shape index (κ3) is 3.59. The summed E-state index contributed by atoms with van der Waals surface area (Å²) in [5.41, 5.74) is 3.07. The number of rotatable bonds is 5. The molecule has 7 heteroatoms. The Kier molecular flexibility index (Phi) is 4.83. The smallest absolute Gasteiger partial charge is 0.255 e. The first kappa shape index (κ1) is 21.1. The topological polar surface area (TPSA) is 81.7 Å². The second kappa shape index (κ2) is 7.79. The van der Waals surface area contributed by atoms with Gasteiger partial charge in [0.2, 0.25) is 5.91 Å². The predicted octanol–water partition coefficient (Wildman–Crippen LogP) is 3.86. The highest BCUT2D eigenvalue weighted by Crippen LogP contribution is 2.34. The lowest BCUT2D eigenvalue weighted by Gasteiger charge is -2.24. The minimum Gasteiger partial charge on any atom is -0.342 e. The van der Waals surface area contributed by atoms with Gasteiger partial charge in [0, 0.05) is 42.1 Å². The molecule has 3 aliphatic rings. The van der Waals surface area contributed by atoms with Crippen LogP contribution < -0.4 is 0 Å². The van der Waals surface area contributed by atoms with Gasteiger partial charge in [-0.3, -0.25) is 24.6 Å². The molecule has 2 aromatic carbocycles. The van der Waals surface area contributed by atoms with Crippen molar-refractivity contribution < 1.29 is 9.59 Å². The van der Waals surface area contributed by atoms with E-state index in [9.17, 15) is 9.59 Å². The quantitative estimate of drug-likeness (QED) is 0.634. The molecule has 1 aliphatic carbocycles. The number of amidine groups is 1. The summed E-state index contributed by atoms with van der Waals surface area (Å²) in [5, 5.41) is 8.67. The average molecular weight is 456 g/mol. The van der Waals surface area contributed by atoms with Gasteiger partial charge in [0.1, 0.15) is 11.4 Å². The number of aliphatic imine (C=N–C) groups is 1. The fraction of sp³-hybridized carbons (Fsp3) is 0.407. The number of benzene rings is 2. The Labute approximate surface area is 198 Å². The number of hydrogen-bond acceptors (Lipinski definition) is 4. The molecule has 6 rings (SSSR count). The standard InChI is InChI=1S/C27H29N5O2/c1-27(2)26(34)32(16-17-13-14-31(15-17)25(33)20-11-12-20)24(28-27)19-9-7-18(8-10-19)23-21-5-3-4-6-22(21)29-30-23/h3-10,17,20H,11-16H2,1-2H3,(H,29,30). The van der Waals surface area contributed by atoms with Crippen molar-refractivity contribution in [2.24, 2.45) is 16.8 Å². The largest absolute Gasteiger partial charge is 0.342 e. The number of amides is 2. The molecule has 0 bridgehead atoms. The summed E-state index contributed by atoms with van der Waals surface area (Å²) < 4.78 is 0. The van der Waals surface area contributed by atoms with Crippen LogP contribution in [0.4, 0.5) is 0 Å². The van der Waals surface area contributed by atoms with E-state index in [0.29, 0.717) is 12.5 Å². The second-order valence-corrected chi connectivity index (χ2v) is 10.3. The van der Waals surface area contributed by atoms with Crippen LogP contribution in [-0.4, -0.2) is 62.8 Å². The number of likely N-dealkylation sites (tertiary alicyclic amines) is 1. The Morgan fingerprint density at radius 2 is 1.79 bits per heavy atom. The first-order valence-electron chi connectivity index (χ1n) is 12.2. The van der Waals surface area contributed by atoms with Crippen molar-refractivity contribution in [1.82, 2.24) is 20.0 Å². The van der Waals surface area contributed by atoms with Crippen LogP contribution in [-0.2, 0) is 9.59 Å². The van der Waals surface area contributed by atoms with Crippen molar-refractivity contribution in [3.8, 4) is 11.3 Å². The SMILES string of the molecule is CC1(C)N=C(c2ccc(-c3n[nH]c4ccccc34)cc2)N(CC2CCN(C(=O)C3CC3)C2)C1=O. The van der Waals surface area contributed by atoms with Gasteiger partial charge in [-0.1, -0.05) is 42.5 Å². The number of nitrogens with zero attached hydrogens (tertiary/aromatic N) is 4. The van der Waals surface area contributed by atoms with Crippen LogP contribution >= 0.6 is 0 Å². The van der Waals surface area contributed by atoms with E-state index in [1.165, 1.54) is 0 Å². The van der Waals surface area contributed by atoms with E-state index in [2.05, 4.69) is 16.3 Å². The van der Waals surface area contributed by atoms with Crippen molar-refractivity contribution in [2.45, 2.75) is 38.6 Å². The van der Waals surface area contributed by atoms with E-state index < -0.39 is 5.54 Å². The predicted molar refractivity (Wildman–Crippen MR) is 131 cm³/mol. The Bertz CT molecular complexity index is 1300. The Balaban J connectivity index is 1.23. The van der Waals surface area contributed by atoms with Gasteiger partial charge in [0.05, 0.1) is 11.2 Å². The van der Waals surface area contributed by atoms with Gasteiger partial charge in [-0.05, 0) is 45.1 Å². The summed E-state index contributed by atoms with van der Waals surface area (Å²) in [6.07, 6.45) is 2.99. The lowest BCUT2D eigenvalue weighted by atomic mass is 10.0. The van der Waals surface area contributed by atoms with Crippen molar-refractivity contribution in [1.29, 1.82) is 0 Å². The summed E-state index contributed by atoms with van der Waals surface area (Å²) in [4.78, 5) is 34.4. The van der Waals surface area contributed by atoms with Gasteiger partial charge < -0.3 is 4.90 Å². The van der Waals surface area contributed by atoms with Crippen LogP contribution in [0.15, 0.2) is 53.5 Å². The molecule has 3 heterocycles. The summed E-state index contributed by atoms with van der Waals surface area (Å²) in [6, 6.07) is 16.2. The highest BCUT2D eigenvalue weighted by atomic mass is 16.2. The zero-order valence-corrected chi connectivity index (χ0v) is 19.6. The maximum atomic E-state index is 13.2. The Morgan fingerprint density at radius 1 is 1.06 bits per heavy atom. The molecular formula is C27H29N5O2. The molecule has 1 saturated heterocycles. The lowest BCUT2D eigenvalue weighted by molar-refractivity contribution is -0.131. The minimum absolute atomic E-state index is 0.0249. The molecule has 1 N–H and O–H groups in total. The fourth-order valence-electron chi connectivity index (χ4n) is 5.18. The van der Waals surface area contributed by atoms with Crippen LogP contribution in [0.5, 0.6) is 0 Å². The van der Waals surface area contributed by atoms with Gasteiger partial charge in [-0.15, -0.1) is 0 Å². The summed E-state index contributed by atoms with van der Waals surface area (Å²) in [5.74, 6) is 1.57. The molecule has 7 nitrogen and oxygen atoms in total. The molecule has 0 radical (unpaired) electrons. The van der Waals surface area contributed by atoms with Crippen molar-refractivity contribution in [3.05, 3.63) is 54.1 Å². The number of nitrogens with one attached hydrogen (secondary N) is 1. The minimum atomic E-state index is -0.783. The Morgan fingerprint density at radius 3 is 2.56 bits per heavy atom. The Hall–Kier alpha value is -3.48. The van der Waals surface area contributed by atoms with Gasteiger partial charge >= 0.3 is 0 Å². The monoisotopic (exact) mass is 455 g/mol. The van der Waals surface area contributed by atoms with Gasteiger partial charge in [0.15, 0.2) is 0 Å². The number of carbonyl (C=O) groups excluding carboxylic acids is 2. The van der Waals surface area contributed by atoms with E-state index in [-0.39, 0.29) is 17.7 Å². The third-order valence-electron chi connectivity index (χ3n) is 7.26. The normalized spacial score (nSPS) is 22.0. The van der Waals surface area contributed by atoms with Crippen LogP contribution in [0, 0.1) is 11.8 Å². The number of para-hydroxylation sites is 1. The van der Waals surface area contributed by atoms with Crippen LogP contribution in [0.3, 0.4) is 0 Å². The third-order valence-corrected chi connectivity index (χ3v) is 7.26. The first-order valence-corrected chi connectivity index (χ1v) is 12.2. The lowest BCUT2D eigenvalue weighted by Crippen LogP contribution is -2.42. The molecule has 1 atom stereocenters. The van der Waals surface area contributed by atoms with Crippen LogP contribution in [0.1, 0.15) is 38.7 Å². The first-order chi connectivity index (χ1) is 16.4. The molecule has 34 heavy (non-hydrogen) atoms. The number of aromatic amines is 1. The summed E-state index contributed by atoms with van der Waals surface area (Å²) in [6.45, 7) is 5.87. The van der Waals surface area contributed by atoms with Crippen molar-refractivity contribution in [3.63, 3.8) is 0 Å². The zero-order chi connectivity index (χ0) is 23.4. The number of carbonyl (C=O) groups is 2. The zero-order valence-electron chi connectivity index (χ0n) is 19.6. The van der Waals surface area contributed by atoms with Gasteiger partial charge in [-0.2, -0.15) is 5.10 Å². The molecule has 2 fully saturated rings. The van der Waals surface area contributed by atoms with E-state index >= 15 is 0 Å². The average Bonchev–Trinajstić information content (AvgIpc) is 3.36. The van der Waals surface area contributed by atoms with Crippen LogP contribution in [0.2, 0.25) is 0 Å². The maximum absolute atomic E-state index is 13.2. The highest BCUT2D eigenvalue weighted by Gasteiger charge is 2.43. The van der Waals surface area contributed by atoms with E-state index in [4.69, 9.17) is 4.99 Å². The molecule has 2 amide bonds. The fourth-order valence-corrected chi connectivity index (χ4v) is 5.18. The van der Waals surface area contributed by atoms with E-state index in [0.717, 1.165) is 65.9 Å². The summed E-state index contributed by atoms with van der Waals surface area (Å²) in [7, 11) is 0. The molecular weight excluding hydrogens is 426 g/mol. The van der Waals surface area contributed by atoms with E-state index in [1.807, 2.05) is 66.1 Å². The number of hydrogen-bond donors (Lipinski definition) is 1. The molecule has 3 aromatic rings. The summed E-state index contributed by atoms with van der Waals surface area (Å²) >= 11 is 0. The molecule has 2 aliphatic heterocycles. The second-order valence-electron chi connectivity index (χ2n) is 10.3. The number of fused-ring (bicyclic) bond motifs is 1.